The number of ether oxygens (including phenoxy) is 1. The molecule has 0 radical (unpaired) electrons. The lowest BCUT2D eigenvalue weighted by Crippen LogP contribution is -2.44. The maximum atomic E-state index is 5.78. The first-order chi connectivity index (χ1) is 8.30. The molecule has 0 aromatic heterocycles. The first-order valence-corrected chi connectivity index (χ1v) is 7.66. The maximum absolute atomic E-state index is 5.78. The van der Waals surface area contributed by atoms with Crippen LogP contribution in [-0.4, -0.2) is 24.8 Å². The Morgan fingerprint density at radius 3 is 2.33 bits per heavy atom. The lowest BCUT2D eigenvalue weighted by atomic mass is 9.79. The van der Waals surface area contributed by atoms with Gasteiger partial charge in [-0.3, -0.25) is 0 Å². The van der Waals surface area contributed by atoms with Crippen LogP contribution in [0.3, 0.4) is 0 Å². The van der Waals surface area contributed by atoms with Crippen LogP contribution in [0.15, 0.2) is 0 Å². The fourth-order valence-electron chi connectivity index (χ4n) is 3.41. The number of hydrogen-bond acceptors (Lipinski definition) is 2. The Kier molecular flexibility index (Phi) is 4.08. The molecule has 1 N–H and O–H groups in total. The van der Waals surface area contributed by atoms with E-state index in [9.17, 15) is 0 Å². The Bertz CT molecular complexity index is 269. The third-order valence-corrected chi connectivity index (χ3v) is 4.54. The minimum Gasteiger partial charge on any atom is -0.379 e. The lowest BCUT2D eigenvalue weighted by molar-refractivity contribution is 0.0467. The molecule has 2 nitrogen and oxygen atoms in total. The highest BCUT2D eigenvalue weighted by Gasteiger charge is 2.53. The number of nitrogens with one attached hydrogen (secondary N) is 1. The summed E-state index contributed by atoms with van der Waals surface area (Å²) in [6.07, 6.45) is 5.97. The molecule has 2 rings (SSSR count). The summed E-state index contributed by atoms with van der Waals surface area (Å²) >= 11 is 0. The molecule has 2 fully saturated rings. The van der Waals surface area contributed by atoms with E-state index in [1.54, 1.807) is 0 Å². The molecule has 2 saturated carbocycles. The van der Waals surface area contributed by atoms with Gasteiger partial charge in [-0.05, 0) is 77.6 Å². The van der Waals surface area contributed by atoms with E-state index in [2.05, 4.69) is 39.9 Å². The topological polar surface area (TPSA) is 21.3 Å². The van der Waals surface area contributed by atoms with Crippen LogP contribution in [0.5, 0.6) is 0 Å². The fraction of sp³-hybridized carbons (Fsp3) is 1.00. The Morgan fingerprint density at radius 2 is 1.83 bits per heavy atom. The monoisotopic (exact) mass is 253 g/mol. The Morgan fingerprint density at radius 1 is 1.22 bits per heavy atom. The third kappa shape index (κ3) is 3.96. The van der Waals surface area contributed by atoms with Gasteiger partial charge in [0.2, 0.25) is 0 Å². The van der Waals surface area contributed by atoms with Crippen molar-refractivity contribution < 1.29 is 4.74 Å². The van der Waals surface area contributed by atoms with Gasteiger partial charge >= 0.3 is 0 Å². The summed E-state index contributed by atoms with van der Waals surface area (Å²) in [7, 11) is 0. The van der Waals surface area contributed by atoms with Gasteiger partial charge in [-0.15, -0.1) is 0 Å². The predicted molar refractivity (Wildman–Crippen MR) is 76.7 cm³/mol. The zero-order chi connectivity index (χ0) is 13.4. The van der Waals surface area contributed by atoms with Crippen LogP contribution in [0.4, 0.5) is 0 Å². The minimum absolute atomic E-state index is 0.235. The predicted octanol–water partition coefficient (Wildman–Crippen LogP) is 3.61. The van der Waals surface area contributed by atoms with Crippen molar-refractivity contribution in [1.29, 1.82) is 0 Å². The van der Waals surface area contributed by atoms with E-state index in [1.165, 1.54) is 32.2 Å². The van der Waals surface area contributed by atoms with Crippen molar-refractivity contribution in [2.45, 2.75) is 71.9 Å². The molecule has 0 amide bonds. The van der Waals surface area contributed by atoms with Crippen molar-refractivity contribution in [2.24, 2.45) is 17.3 Å². The third-order valence-electron chi connectivity index (χ3n) is 4.54. The summed E-state index contributed by atoms with van der Waals surface area (Å²) in [6, 6.07) is 0. The second kappa shape index (κ2) is 5.13. The Balaban J connectivity index is 1.84. The van der Waals surface area contributed by atoms with Crippen LogP contribution in [-0.2, 0) is 4.74 Å². The van der Waals surface area contributed by atoms with Gasteiger partial charge in [0.25, 0.3) is 0 Å². The number of hydrogen-bond donors (Lipinski definition) is 1. The van der Waals surface area contributed by atoms with E-state index in [0.29, 0.717) is 11.5 Å². The van der Waals surface area contributed by atoms with Crippen molar-refractivity contribution in [3.05, 3.63) is 0 Å². The van der Waals surface area contributed by atoms with Gasteiger partial charge in [-0.1, -0.05) is 0 Å². The maximum Gasteiger partial charge on any atom is 0.0518 e. The van der Waals surface area contributed by atoms with Gasteiger partial charge in [-0.2, -0.15) is 0 Å². The van der Waals surface area contributed by atoms with Crippen LogP contribution in [0, 0.1) is 17.3 Å². The second-order valence-corrected chi connectivity index (χ2v) is 7.94. The van der Waals surface area contributed by atoms with Crippen LogP contribution in [0.2, 0.25) is 0 Å². The molecule has 2 aliphatic carbocycles. The van der Waals surface area contributed by atoms with E-state index < -0.39 is 0 Å². The lowest BCUT2D eigenvalue weighted by Gasteiger charge is -2.35. The summed E-state index contributed by atoms with van der Waals surface area (Å²) in [6.45, 7) is 13.2. The van der Waals surface area contributed by atoms with Gasteiger partial charge < -0.3 is 10.1 Å². The SMILES string of the molecule is CC(C)OCCC1(CNC(C)(C)C)CC2CC2C1. The molecular weight excluding hydrogens is 222 g/mol. The highest BCUT2D eigenvalue weighted by atomic mass is 16.5. The summed E-state index contributed by atoms with van der Waals surface area (Å²) < 4.78 is 5.78. The van der Waals surface area contributed by atoms with E-state index in [0.717, 1.165) is 18.4 Å². The minimum atomic E-state index is 0.235. The van der Waals surface area contributed by atoms with E-state index >= 15 is 0 Å². The molecule has 2 heteroatoms. The Labute approximate surface area is 113 Å². The molecule has 0 aromatic rings. The van der Waals surface area contributed by atoms with Crippen molar-refractivity contribution in [1.82, 2.24) is 5.32 Å². The molecule has 18 heavy (non-hydrogen) atoms. The molecular formula is C16H31NO. The van der Waals surface area contributed by atoms with Crippen LogP contribution < -0.4 is 5.32 Å². The van der Waals surface area contributed by atoms with Gasteiger partial charge in [0.05, 0.1) is 6.10 Å². The average Bonchev–Trinajstić information content (AvgIpc) is 2.83. The summed E-state index contributed by atoms with van der Waals surface area (Å²) in [5.41, 5.74) is 0.758. The second-order valence-electron chi connectivity index (χ2n) is 7.94. The van der Waals surface area contributed by atoms with Crippen molar-refractivity contribution >= 4 is 0 Å². The molecule has 0 aromatic carbocycles. The molecule has 0 heterocycles. The van der Waals surface area contributed by atoms with E-state index in [1.807, 2.05) is 0 Å². The summed E-state index contributed by atoms with van der Waals surface area (Å²) in [5, 5.41) is 3.73. The molecule has 106 valence electrons. The van der Waals surface area contributed by atoms with E-state index in [-0.39, 0.29) is 5.54 Å². The first-order valence-electron chi connectivity index (χ1n) is 7.66. The molecule has 0 spiro atoms. The summed E-state index contributed by atoms with van der Waals surface area (Å²) in [4.78, 5) is 0. The zero-order valence-electron chi connectivity index (χ0n) is 12.9. The smallest absolute Gasteiger partial charge is 0.0518 e. The van der Waals surface area contributed by atoms with Crippen molar-refractivity contribution in [3.63, 3.8) is 0 Å². The van der Waals surface area contributed by atoms with Crippen LogP contribution >= 0.6 is 0 Å². The van der Waals surface area contributed by atoms with E-state index in [4.69, 9.17) is 4.74 Å². The average molecular weight is 253 g/mol. The highest BCUT2D eigenvalue weighted by Crippen LogP contribution is 2.60. The van der Waals surface area contributed by atoms with Gasteiger partial charge in [0, 0.05) is 18.7 Å². The van der Waals surface area contributed by atoms with Gasteiger partial charge in [0.1, 0.15) is 0 Å². The summed E-state index contributed by atoms with van der Waals surface area (Å²) in [5.74, 6) is 2.09. The van der Waals surface area contributed by atoms with Crippen LogP contribution in [0.1, 0.15) is 60.3 Å². The molecule has 2 unspecified atom stereocenters. The molecule has 0 saturated heterocycles. The van der Waals surface area contributed by atoms with Crippen molar-refractivity contribution in [2.75, 3.05) is 13.2 Å². The molecule has 0 bridgehead atoms. The molecule has 2 atom stereocenters. The fourth-order valence-corrected chi connectivity index (χ4v) is 3.41. The van der Waals surface area contributed by atoms with Gasteiger partial charge in [-0.25, -0.2) is 0 Å². The standard InChI is InChI=1S/C16H31NO/c1-12(2)18-7-6-16(11-17-15(3,4)5)9-13-8-14(13)10-16/h12-14,17H,6-11H2,1-5H3. The first kappa shape index (κ1) is 14.3. The number of fused-ring (bicyclic) bond motifs is 1. The quantitative estimate of drug-likeness (QED) is 0.781. The molecule has 0 aliphatic heterocycles. The van der Waals surface area contributed by atoms with Gasteiger partial charge in [0.15, 0.2) is 0 Å². The normalized spacial score (nSPS) is 35.0. The number of rotatable bonds is 6. The van der Waals surface area contributed by atoms with Crippen LogP contribution in [0.25, 0.3) is 0 Å². The van der Waals surface area contributed by atoms with Crippen molar-refractivity contribution in [3.8, 4) is 0 Å². The largest absolute Gasteiger partial charge is 0.379 e. The molecule has 2 aliphatic rings. The highest BCUT2D eigenvalue weighted by molar-refractivity contribution is 5.04. The Hall–Kier alpha value is -0.0800. The zero-order valence-corrected chi connectivity index (χ0v) is 12.9.